The first-order chi connectivity index (χ1) is 10.7. The molecule has 142 valence electrons. The Morgan fingerprint density at radius 1 is 0.522 bits per heavy atom. The van der Waals surface area contributed by atoms with Gasteiger partial charge in [0, 0.05) is 13.9 Å². The minimum absolute atomic E-state index is 0. The van der Waals surface area contributed by atoms with Crippen LogP contribution in [-0.2, 0) is 0 Å². The van der Waals surface area contributed by atoms with Crippen molar-refractivity contribution in [1.82, 2.24) is 0 Å². The van der Waals surface area contributed by atoms with Gasteiger partial charge in [-0.15, -0.1) is 0 Å². The second-order valence-corrected chi connectivity index (χ2v) is 11.6. The van der Waals surface area contributed by atoms with Crippen molar-refractivity contribution in [3.05, 3.63) is 0 Å². The molecule has 0 saturated heterocycles. The van der Waals surface area contributed by atoms with E-state index in [9.17, 15) is 0 Å². The molecule has 1 nitrogen and oxygen atoms in total. The summed E-state index contributed by atoms with van der Waals surface area (Å²) in [6.07, 6.45) is 22.7. The normalized spacial score (nSPS) is 11.5. The molecule has 0 fully saturated rings. The lowest BCUT2D eigenvalue weighted by molar-refractivity contribution is -0.00000618. The van der Waals surface area contributed by atoms with Crippen LogP contribution >= 0.6 is 7.26 Å². The summed E-state index contributed by atoms with van der Waals surface area (Å²) < 4.78 is 0. The highest BCUT2D eigenvalue weighted by molar-refractivity contribution is 7.75. The van der Waals surface area contributed by atoms with E-state index in [1.807, 2.05) is 0 Å². The van der Waals surface area contributed by atoms with Gasteiger partial charge in [-0.2, -0.15) is 0 Å². The zero-order valence-corrected chi connectivity index (χ0v) is 17.9. The lowest BCUT2D eigenvalue weighted by Gasteiger charge is -2.28. The van der Waals surface area contributed by atoms with E-state index in [-0.39, 0.29) is 12.4 Å². The van der Waals surface area contributed by atoms with Gasteiger partial charge in [-0.3, -0.25) is 0 Å². The van der Waals surface area contributed by atoms with Gasteiger partial charge < -0.3 is 17.5 Å². The van der Waals surface area contributed by atoms with Crippen LogP contribution in [0.15, 0.2) is 0 Å². The number of rotatable bonds is 17. The van der Waals surface area contributed by atoms with Gasteiger partial charge in [0.05, 0.1) is 24.6 Å². The van der Waals surface area contributed by atoms with E-state index < -0.39 is 7.26 Å². The van der Waals surface area contributed by atoms with Crippen molar-refractivity contribution in [2.45, 2.75) is 97.8 Å². The van der Waals surface area contributed by atoms with Crippen molar-refractivity contribution in [2.24, 2.45) is 0 Å². The molecule has 0 aromatic carbocycles. The lowest BCUT2D eigenvalue weighted by atomic mass is 10.1. The van der Waals surface area contributed by atoms with Crippen LogP contribution in [0.5, 0.6) is 0 Å². The Balaban J connectivity index is 0. The third-order valence-corrected chi connectivity index (χ3v) is 10.1. The zero-order chi connectivity index (χ0) is 16.5. The average Bonchev–Trinajstić information content (AvgIpc) is 2.55. The second kappa shape index (κ2) is 19.0. The maximum Gasteiger partial charge on any atom is 0.0594 e. The second-order valence-electron chi connectivity index (χ2n) is 7.14. The monoisotopic (exact) mass is 366 g/mol. The van der Waals surface area contributed by atoms with Crippen LogP contribution in [0, 0.1) is 0 Å². The van der Waals surface area contributed by atoms with Gasteiger partial charge in [-0.05, 0) is 38.5 Å². The molecule has 0 unspecified atom stereocenters. The fourth-order valence-electron chi connectivity index (χ4n) is 3.42. The molecular weight excluding hydrogens is 323 g/mol. The topological polar surface area (TPSA) is 20.2 Å². The maximum absolute atomic E-state index is 8.83. The Kier molecular flexibility index (Phi) is 21.4. The molecule has 0 heterocycles. The maximum atomic E-state index is 8.83. The summed E-state index contributed by atoms with van der Waals surface area (Å²) in [5.74, 6) is 0. The molecule has 0 rings (SSSR count). The highest BCUT2D eigenvalue weighted by Crippen LogP contribution is 2.61. The minimum Gasteiger partial charge on any atom is -1.00 e. The summed E-state index contributed by atoms with van der Waals surface area (Å²) in [5.41, 5.74) is 0. The molecule has 0 aliphatic carbocycles. The highest BCUT2D eigenvalue weighted by atomic mass is 35.5. The summed E-state index contributed by atoms with van der Waals surface area (Å²) in [6.45, 7) is 7.44. The quantitative estimate of drug-likeness (QED) is 0.307. The molecule has 0 spiro atoms. The Morgan fingerprint density at radius 3 is 1.26 bits per heavy atom. The van der Waals surface area contributed by atoms with Crippen LogP contribution in [-0.4, -0.2) is 36.4 Å². The van der Waals surface area contributed by atoms with Gasteiger partial charge in [0.2, 0.25) is 0 Å². The van der Waals surface area contributed by atoms with E-state index in [1.165, 1.54) is 70.6 Å². The van der Waals surface area contributed by atoms with Crippen molar-refractivity contribution in [1.29, 1.82) is 0 Å². The zero-order valence-electron chi connectivity index (χ0n) is 16.3. The number of aliphatic hydroxyl groups excluding tert-OH is 1. The van der Waals surface area contributed by atoms with Crippen molar-refractivity contribution >= 4 is 7.26 Å². The number of hydrogen-bond acceptors (Lipinski definition) is 1. The molecule has 0 aliphatic rings. The van der Waals surface area contributed by atoms with Gasteiger partial charge in [0.15, 0.2) is 0 Å². The Hall–Kier alpha value is 0.680. The number of hydrogen-bond donors (Lipinski definition) is 1. The molecule has 23 heavy (non-hydrogen) atoms. The molecule has 0 amide bonds. The van der Waals surface area contributed by atoms with E-state index in [2.05, 4.69) is 20.8 Å². The fraction of sp³-hybridized carbons (Fsp3) is 1.00. The van der Waals surface area contributed by atoms with Crippen molar-refractivity contribution in [3.8, 4) is 0 Å². The minimum atomic E-state index is -0.647. The summed E-state index contributed by atoms with van der Waals surface area (Å²) in [5, 5.41) is 8.83. The van der Waals surface area contributed by atoms with Crippen molar-refractivity contribution in [2.75, 3.05) is 31.3 Å². The van der Waals surface area contributed by atoms with Crippen LogP contribution in [0.2, 0.25) is 0 Å². The predicted octanol–water partition coefficient (Wildman–Crippen LogP) is 3.74. The van der Waals surface area contributed by atoms with E-state index >= 15 is 0 Å². The molecule has 0 aromatic heterocycles. The molecule has 3 heteroatoms. The van der Waals surface area contributed by atoms with E-state index in [4.69, 9.17) is 5.11 Å². The Morgan fingerprint density at radius 2 is 0.870 bits per heavy atom. The molecule has 0 aromatic rings. The van der Waals surface area contributed by atoms with Crippen molar-refractivity contribution < 1.29 is 17.5 Å². The summed E-state index contributed by atoms with van der Waals surface area (Å²) in [4.78, 5) is 0. The van der Waals surface area contributed by atoms with Crippen LogP contribution in [0.1, 0.15) is 97.8 Å². The molecule has 0 aliphatic heterocycles. The molecule has 0 bridgehead atoms. The summed E-state index contributed by atoms with van der Waals surface area (Å²) in [6, 6.07) is 0. The fourth-order valence-corrected chi connectivity index (χ4v) is 8.61. The number of unbranched alkanes of at least 4 members (excludes halogenated alkanes) is 8. The van der Waals surface area contributed by atoms with Crippen LogP contribution in [0.3, 0.4) is 0 Å². The third kappa shape index (κ3) is 14.7. The lowest BCUT2D eigenvalue weighted by Crippen LogP contribution is -3.00. The van der Waals surface area contributed by atoms with Gasteiger partial charge in [-0.25, -0.2) is 0 Å². The SMILES string of the molecule is CCCC[P+](CCCC)(CCCC)CCCCCCCCO.[Cl-]. The smallest absolute Gasteiger partial charge is 0.0594 e. The van der Waals surface area contributed by atoms with Crippen LogP contribution < -0.4 is 12.4 Å². The summed E-state index contributed by atoms with van der Waals surface area (Å²) in [7, 11) is -0.647. The van der Waals surface area contributed by atoms with Crippen molar-refractivity contribution in [3.63, 3.8) is 0 Å². The molecule has 0 saturated carbocycles. The highest BCUT2D eigenvalue weighted by Gasteiger charge is 2.34. The Labute approximate surface area is 154 Å². The van der Waals surface area contributed by atoms with Crippen LogP contribution in [0.25, 0.3) is 0 Å². The first-order valence-electron chi connectivity index (χ1n) is 10.2. The molecule has 0 atom stereocenters. The largest absolute Gasteiger partial charge is 1.00 e. The van der Waals surface area contributed by atoms with Gasteiger partial charge >= 0.3 is 0 Å². The van der Waals surface area contributed by atoms with Gasteiger partial charge in [-0.1, -0.05) is 59.3 Å². The number of halogens is 1. The van der Waals surface area contributed by atoms with Gasteiger partial charge in [0.25, 0.3) is 0 Å². The van der Waals surface area contributed by atoms with E-state index in [0.717, 1.165) is 6.42 Å². The third-order valence-electron chi connectivity index (χ3n) is 5.00. The average molecular weight is 367 g/mol. The molecule has 0 radical (unpaired) electrons. The Bertz CT molecular complexity index is 202. The standard InChI is InChI=1S/C20H44OP.ClH/c1-4-7-17-22(18-8-5-2,19-9-6-3)20-15-13-11-10-12-14-16-21;/h21H,4-20H2,1-3H3;1H/q+1;/p-1. The van der Waals surface area contributed by atoms with Crippen LogP contribution in [0.4, 0.5) is 0 Å². The first kappa shape index (κ1) is 25.9. The summed E-state index contributed by atoms with van der Waals surface area (Å²) >= 11 is 0. The predicted molar refractivity (Wildman–Crippen MR) is 106 cm³/mol. The first-order valence-corrected chi connectivity index (χ1v) is 12.7. The molecular formula is C20H44ClOP. The number of aliphatic hydroxyl groups is 1. The van der Waals surface area contributed by atoms with E-state index in [0.29, 0.717) is 6.61 Å². The molecule has 1 N–H and O–H groups in total. The van der Waals surface area contributed by atoms with E-state index in [1.54, 1.807) is 24.6 Å². The van der Waals surface area contributed by atoms with Gasteiger partial charge in [0.1, 0.15) is 0 Å².